The average Bonchev–Trinajstić information content (AvgIpc) is 3.23. The molecule has 0 spiro atoms. The number of fused-ring (bicyclic) bond motifs is 1. The quantitative estimate of drug-likeness (QED) is 0.543. The van der Waals surface area contributed by atoms with Crippen molar-refractivity contribution in [2.75, 3.05) is 35.8 Å². The van der Waals surface area contributed by atoms with Gasteiger partial charge in [-0.3, -0.25) is 4.72 Å². The van der Waals surface area contributed by atoms with E-state index in [0.29, 0.717) is 43.1 Å². The van der Waals surface area contributed by atoms with E-state index >= 15 is 0 Å². The van der Waals surface area contributed by atoms with Crippen LogP contribution in [0.1, 0.15) is 33.3 Å². The van der Waals surface area contributed by atoms with Gasteiger partial charge in [0.25, 0.3) is 10.0 Å². The first kappa shape index (κ1) is 24.3. The Kier molecular flexibility index (Phi) is 6.73. The molecular formula is C24H30N4O4S2. The molecule has 0 radical (unpaired) electrons. The molecule has 34 heavy (non-hydrogen) atoms. The number of aryl methyl sites for hydroxylation is 1. The molecule has 10 heteroatoms. The Labute approximate surface area is 204 Å². The van der Waals surface area contributed by atoms with Gasteiger partial charge in [-0.15, -0.1) is 11.3 Å². The molecule has 3 aromatic rings. The Morgan fingerprint density at radius 2 is 1.91 bits per heavy atom. The number of pyridine rings is 1. The van der Waals surface area contributed by atoms with E-state index in [2.05, 4.69) is 9.71 Å². The molecule has 8 nitrogen and oxygen atoms in total. The number of nitrogens with one attached hydrogen (secondary N) is 1. The van der Waals surface area contributed by atoms with Gasteiger partial charge in [-0.25, -0.2) is 18.2 Å². The highest BCUT2D eigenvalue weighted by Gasteiger charge is 2.29. The maximum atomic E-state index is 13.4. The minimum atomic E-state index is -3.82. The molecular weight excluding hydrogens is 472 g/mol. The van der Waals surface area contributed by atoms with Gasteiger partial charge in [0.1, 0.15) is 16.3 Å². The van der Waals surface area contributed by atoms with Gasteiger partial charge in [0, 0.05) is 48.1 Å². The highest BCUT2D eigenvalue weighted by molar-refractivity contribution is 7.93. The third-order valence-corrected chi connectivity index (χ3v) is 8.04. The van der Waals surface area contributed by atoms with Gasteiger partial charge in [-0.05, 0) is 51.0 Å². The van der Waals surface area contributed by atoms with Crippen LogP contribution in [0.2, 0.25) is 0 Å². The predicted octanol–water partition coefficient (Wildman–Crippen LogP) is 4.72. The Balaban J connectivity index is 1.59. The number of carbonyl (C=O) groups is 1. The van der Waals surface area contributed by atoms with E-state index in [1.165, 1.54) is 11.3 Å². The fourth-order valence-corrected chi connectivity index (χ4v) is 6.41. The first-order chi connectivity index (χ1) is 16.1. The van der Waals surface area contributed by atoms with Gasteiger partial charge in [0.2, 0.25) is 0 Å². The molecule has 0 unspecified atom stereocenters. The fourth-order valence-electron chi connectivity index (χ4n) is 3.87. The maximum Gasteiger partial charge on any atom is 0.410 e. The average molecular weight is 503 g/mol. The van der Waals surface area contributed by atoms with Crippen molar-refractivity contribution in [1.29, 1.82) is 0 Å². The third-order valence-electron chi connectivity index (χ3n) is 5.54. The lowest BCUT2D eigenvalue weighted by atomic mass is 10.1. The number of sulfonamides is 1. The molecule has 182 valence electrons. The van der Waals surface area contributed by atoms with Crippen LogP contribution in [-0.4, -0.2) is 56.2 Å². The van der Waals surface area contributed by atoms with E-state index in [-0.39, 0.29) is 11.0 Å². The Bertz CT molecular complexity index is 1290. The first-order valence-corrected chi connectivity index (χ1v) is 13.6. The summed E-state index contributed by atoms with van der Waals surface area (Å²) in [6.07, 6.45) is 2.18. The molecule has 3 heterocycles. The first-order valence-electron chi connectivity index (χ1n) is 11.3. The lowest BCUT2D eigenvalue weighted by molar-refractivity contribution is 0.0240. The molecule has 1 amide bonds. The van der Waals surface area contributed by atoms with Crippen molar-refractivity contribution in [3.05, 3.63) is 47.5 Å². The van der Waals surface area contributed by atoms with Crippen LogP contribution in [0, 0.1) is 0 Å². The van der Waals surface area contributed by atoms with E-state index in [1.54, 1.807) is 22.5 Å². The van der Waals surface area contributed by atoms with Crippen LogP contribution in [0.5, 0.6) is 0 Å². The maximum absolute atomic E-state index is 13.4. The zero-order valence-electron chi connectivity index (χ0n) is 19.9. The SMILES string of the molecule is CCc1cccc(NS(=O)(=O)c2csc3ccnc(N4CCN(C(=O)OC(C)(C)C)CC4)c23)c1. The molecule has 4 rings (SSSR count). The van der Waals surface area contributed by atoms with Crippen molar-refractivity contribution < 1.29 is 17.9 Å². The van der Waals surface area contributed by atoms with E-state index in [0.717, 1.165) is 16.7 Å². The Hall–Kier alpha value is -2.85. The molecule has 0 saturated carbocycles. The molecule has 0 atom stereocenters. The molecule has 1 saturated heterocycles. The molecule has 1 N–H and O–H groups in total. The summed E-state index contributed by atoms with van der Waals surface area (Å²) < 4.78 is 35.8. The van der Waals surface area contributed by atoms with E-state index in [9.17, 15) is 13.2 Å². The highest BCUT2D eigenvalue weighted by Crippen LogP contribution is 2.36. The number of nitrogens with zero attached hydrogens (tertiary/aromatic N) is 3. The van der Waals surface area contributed by atoms with E-state index in [4.69, 9.17) is 4.74 Å². The highest BCUT2D eigenvalue weighted by atomic mass is 32.2. The minimum Gasteiger partial charge on any atom is -0.444 e. The number of hydrogen-bond acceptors (Lipinski definition) is 7. The molecule has 1 aliphatic heterocycles. The molecule has 0 bridgehead atoms. The summed E-state index contributed by atoms with van der Waals surface area (Å²) in [6, 6.07) is 9.24. The number of hydrogen-bond donors (Lipinski definition) is 1. The number of thiophene rings is 1. The number of piperazine rings is 1. The summed E-state index contributed by atoms with van der Waals surface area (Å²) in [5.41, 5.74) is 1.04. The molecule has 1 aromatic carbocycles. The van der Waals surface area contributed by atoms with Gasteiger partial charge >= 0.3 is 6.09 Å². The van der Waals surface area contributed by atoms with Crippen molar-refractivity contribution in [1.82, 2.24) is 9.88 Å². The topological polar surface area (TPSA) is 91.8 Å². The number of rotatable bonds is 5. The number of aromatic nitrogens is 1. The van der Waals surface area contributed by atoms with Crippen molar-refractivity contribution in [2.45, 2.75) is 44.6 Å². The third kappa shape index (κ3) is 5.28. The second-order valence-corrected chi connectivity index (χ2v) is 11.8. The van der Waals surface area contributed by atoms with Crippen LogP contribution < -0.4 is 9.62 Å². The van der Waals surface area contributed by atoms with Crippen molar-refractivity contribution in [3.8, 4) is 0 Å². The smallest absolute Gasteiger partial charge is 0.410 e. The minimum absolute atomic E-state index is 0.215. The van der Waals surface area contributed by atoms with Gasteiger partial charge in [0.15, 0.2) is 0 Å². The van der Waals surface area contributed by atoms with Crippen molar-refractivity contribution >= 4 is 49.0 Å². The van der Waals surface area contributed by atoms with Crippen LogP contribution in [0.25, 0.3) is 10.1 Å². The lowest BCUT2D eigenvalue weighted by Crippen LogP contribution is -2.50. The van der Waals surface area contributed by atoms with Gasteiger partial charge in [0.05, 0.1) is 5.39 Å². The van der Waals surface area contributed by atoms with Gasteiger partial charge < -0.3 is 14.5 Å². The van der Waals surface area contributed by atoms with Gasteiger partial charge in [-0.2, -0.15) is 0 Å². The second kappa shape index (κ2) is 9.42. The molecule has 2 aromatic heterocycles. The lowest BCUT2D eigenvalue weighted by Gasteiger charge is -2.36. The van der Waals surface area contributed by atoms with Crippen molar-refractivity contribution in [2.24, 2.45) is 0 Å². The number of benzene rings is 1. The monoisotopic (exact) mass is 502 g/mol. The second-order valence-electron chi connectivity index (χ2n) is 9.22. The number of amides is 1. The molecule has 1 aliphatic rings. The van der Waals surface area contributed by atoms with Crippen LogP contribution >= 0.6 is 11.3 Å². The standard InChI is InChI=1S/C24H30N4O4S2/c1-5-17-7-6-8-18(15-17)26-34(30,31)20-16-33-19-9-10-25-22(21(19)20)27-11-13-28(14-12-27)23(29)32-24(2,3)4/h6-10,15-16,26H,5,11-14H2,1-4H3. The van der Waals surface area contributed by atoms with Crippen LogP contribution in [0.3, 0.4) is 0 Å². The number of ether oxygens (including phenoxy) is 1. The van der Waals surface area contributed by atoms with Crippen molar-refractivity contribution in [3.63, 3.8) is 0 Å². The van der Waals surface area contributed by atoms with Crippen LogP contribution in [0.15, 0.2) is 46.8 Å². The summed E-state index contributed by atoms with van der Waals surface area (Å²) in [4.78, 5) is 20.9. The van der Waals surface area contributed by atoms with Gasteiger partial charge in [-0.1, -0.05) is 19.1 Å². The summed E-state index contributed by atoms with van der Waals surface area (Å²) in [5.74, 6) is 0.616. The van der Waals surface area contributed by atoms with E-state index < -0.39 is 15.6 Å². The van der Waals surface area contributed by atoms with Crippen LogP contribution in [-0.2, 0) is 21.2 Å². The molecule has 1 fully saturated rings. The Morgan fingerprint density at radius 3 is 2.59 bits per heavy atom. The zero-order valence-corrected chi connectivity index (χ0v) is 21.5. The normalized spacial score (nSPS) is 14.9. The molecule has 0 aliphatic carbocycles. The summed E-state index contributed by atoms with van der Waals surface area (Å²) in [6.45, 7) is 9.58. The predicted molar refractivity (Wildman–Crippen MR) is 136 cm³/mol. The fraction of sp³-hybridized carbons (Fsp3) is 0.417. The van der Waals surface area contributed by atoms with E-state index in [1.807, 2.05) is 56.9 Å². The Morgan fingerprint density at radius 1 is 1.18 bits per heavy atom. The summed E-state index contributed by atoms with van der Waals surface area (Å²) in [5, 5.41) is 2.27. The van der Waals surface area contributed by atoms with Crippen LogP contribution in [0.4, 0.5) is 16.3 Å². The largest absolute Gasteiger partial charge is 0.444 e. The number of anilines is 2. The summed E-state index contributed by atoms with van der Waals surface area (Å²) >= 11 is 1.38. The number of carbonyl (C=O) groups excluding carboxylic acids is 1. The summed E-state index contributed by atoms with van der Waals surface area (Å²) in [7, 11) is -3.82. The zero-order chi connectivity index (χ0) is 24.5.